The molecule has 3 heterocycles. The topological polar surface area (TPSA) is 124 Å². The van der Waals surface area contributed by atoms with Gasteiger partial charge in [0.2, 0.25) is 5.91 Å². The molecule has 0 bridgehead atoms. The fourth-order valence-electron chi connectivity index (χ4n) is 6.78. The first kappa shape index (κ1) is 36.6. The number of nitrogens with one attached hydrogen (secondary N) is 2. The van der Waals surface area contributed by atoms with Crippen molar-refractivity contribution in [2.24, 2.45) is 11.3 Å². The maximum absolute atomic E-state index is 15.3. The zero-order chi connectivity index (χ0) is 35.8. The van der Waals surface area contributed by atoms with Gasteiger partial charge in [-0.3, -0.25) is 9.59 Å². The number of amides is 3. The summed E-state index contributed by atoms with van der Waals surface area (Å²) in [7, 11) is 0. The van der Waals surface area contributed by atoms with Crippen LogP contribution in [0.2, 0.25) is 0 Å². The number of hydrogen-bond donors (Lipinski definition) is 3. The third-order valence-electron chi connectivity index (χ3n) is 9.26. The number of hydrogen-bond acceptors (Lipinski definition) is 6. The highest BCUT2D eigenvalue weighted by molar-refractivity contribution is 5.92. The van der Waals surface area contributed by atoms with E-state index in [0.29, 0.717) is 31.6 Å². The summed E-state index contributed by atoms with van der Waals surface area (Å²) in [6, 6.07) is 15.0. The van der Waals surface area contributed by atoms with Gasteiger partial charge in [0, 0.05) is 49.9 Å². The average Bonchev–Trinajstić information content (AvgIpc) is 3.43. The Morgan fingerprint density at radius 3 is 2.58 bits per heavy atom. The Labute approximate surface area is 294 Å². The number of aryl methyl sites for hydroxylation is 2. The van der Waals surface area contributed by atoms with Crippen molar-refractivity contribution in [1.82, 2.24) is 14.8 Å². The third kappa shape index (κ3) is 9.95. The number of aliphatic carboxylic acids is 1. The van der Waals surface area contributed by atoms with Crippen LogP contribution in [-0.2, 0) is 28.9 Å². The van der Waals surface area contributed by atoms with E-state index in [4.69, 9.17) is 9.72 Å². The zero-order valence-electron chi connectivity index (χ0n) is 29.6. The number of carbonyl (C=O) groups excluding carboxylic acids is 2. The number of nitrogens with zero attached hydrogens (tertiary/aromatic N) is 3. The minimum Gasteiger partial charge on any atom is -0.490 e. The van der Waals surface area contributed by atoms with Gasteiger partial charge in [-0.2, -0.15) is 0 Å². The minimum absolute atomic E-state index is 0.0147. The molecule has 3 amide bonds. The number of carboxylic acids is 1. The molecule has 1 fully saturated rings. The van der Waals surface area contributed by atoms with Gasteiger partial charge in [0.1, 0.15) is 5.82 Å². The largest absolute Gasteiger partial charge is 0.490 e. The molecule has 2 aliphatic rings. The van der Waals surface area contributed by atoms with E-state index in [0.717, 1.165) is 61.4 Å². The third-order valence-corrected chi connectivity index (χ3v) is 9.26. The first-order valence-electron chi connectivity index (χ1n) is 17.7. The molecule has 0 aliphatic carbocycles. The second-order valence-electron chi connectivity index (χ2n) is 14.7. The highest BCUT2D eigenvalue weighted by Gasteiger charge is 2.35. The SMILES string of the molecule is CC(CC(C)(C)C)C(=O)Nc1ccc(CCOc2ccc([C@H](CC(=O)O)N3CCN(CCCc4ccc5c(n4)NCCC5)C3=O)cc2F)cc1. The molecule has 2 aromatic carbocycles. The molecular formula is C39H50FN5O5. The average molecular weight is 688 g/mol. The number of urea groups is 1. The van der Waals surface area contributed by atoms with Crippen molar-refractivity contribution in [3.8, 4) is 5.75 Å². The summed E-state index contributed by atoms with van der Waals surface area (Å²) in [6.07, 6.45) is 4.56. The van der Waals surface area contributed by atoms with Gasteiger partial charge < -0.3 is 30.3 Å². The van der Waals surface area contributed by atoms with Gasteiger partial charge >= 0.3 is 12.0 Å². The predicted molar refractivity (Wildman–Crippen MR) is 192 cm³/mol. The second-order valence-corrected chi connectivity index (χ2v) is 14.7. The molecule has 1 aromatic heterocycles. The highest BCUT2D eigenvalue weighted by Crippen LogP contribution is 2.32. The number of fused-ring (bicyclic) bond motifs is 1. The molecule has 10 nitrogen and oxygen atoms in total. The fraction of sp³-hybridized carbons (Fsp3) is 0.487. The van der Waals surface area contributed by atoms with Crippen molar-refractivity contribution in [2.75, 3.05) is 43.4 Å². The summed E-state index contributed by atoms with van der Waals surface area (Å²) in [5.41, 5.74) is 4.37. The number of carboxylic acid groups (broad SMARTS) is 1. The Morgan fingerprint density at radius 2 is 1.86 bits per heavy atom. The maximum atomic E-state index is 15.3. The van der Waals surface area contributed by atoms with Crippen LogP contribution in [0.4, 0.5) is 20.7 Å². The lowest BCUT2D eigenvalue weighted by Gasteiger charge is -2.27. The Kier molecular flexibility index (Phi) is 12.0. The first-order valence-corrected chi connectivity index (χ1v) is 17.7. The summed E-state index contributed by atoms with van der Waals surface area (Å²) >= 11 is 0. The van der Waals surface area contributed by atoms with Crippen molar-refractivity contribution >= 4 is 29.4 Å². The second kappa shape index (κ2) is 16.4. The lowest BCUT2D eigenvalue weighted by Crippen LogP contribution is -2.36. The molecule has 50 heavy (non-hydrogen) atoms. The molecule has 3 aromatic rings. The van der Waals surface area contributed by atoms with Crippen LogP contribution in [0.3, 0.4) is 0 Å². The Balaban J connectivity index is 1.12. The van der Waals surface area contributed by atoms with E-state index >= 15 is 4.39 Å². The van der Waals surface area contributed by atoms with E-state index in [1.54, 1.807) is 11.0 Å². The van der Waals surface area contributed by atoms with Crippen molar-refractivity contribution < 1.29 is 28.6 Å². The summed E-state index contributed by atoms with van der Waals surface area (Å²) in [6.45, 7) is 10.8. The zero-order valence-corrected chi connectivity index (χ0v) is 29.6. The van der Waals surface area contributed by atoms with E-state index in [2.05, 4.69) is 37.5 Å². The van der Waals surface area contributed by atoms with Gasteiger partial charge in [0.15, 0.2) is 11.6 Å². The number of ether oxygens (including phenoxy) is 1. The summed E-state index contributed by atoms with van der Waals surface area (Å²) in [4.78, 5) is 45.8. The van der Waals surface area contributed by atoms with Crippen LogP contribution in [0.15, 0.2) is 54.6 Å². The van der Waals surface area contributed by atoms with Crippen molar-refractivity contribution in [1.29, 1.82) is 0 Å². The Bertz CT molecular complexity index is 1660. The van der Waals surface area contributed by atoms with Crippen LogP contribution >= 0.6 is 0 Å². The standard InChI is InChI=1S/C39H50FN5O5/c1-26(25-39(2,3)4)37(48)43-31-13-9-27(10-14-31)17-22-50-34-16-12-29(23-32(34)40)33(24-35(46)47)45-21-20-44(38(45)49)19-6-8-30-15-11-28-7-5-18-41-36(28)42-30/h9-16,23,26,33H,5-8,17-22,24-25H2,1-4H3,(H,41,42)(H,43,48)(H,46,47)/t26?,33-/m0/s1. The smallest absolute Gasteiger partial charge is 0.320 e. The highest BCUT2D eigenvalue weighted by atomic mass is 19.1. The molecule has 2 atom stereocenters. The molecule has 1 saturated heterocycles. The molecule has 0 spiro atoms. The molecule has 0 saturated carbocycles. The van der Waals surface area contributed by atoms with Crippen molar-refractivity contribution in [3.05, 3.63) is 82.8 Å². The number of pyridine rings is 1. The van der Waals surface area contributed by atoms with E-state index in [1.807, 2.05) is 37.3 Å². The van der Waals surface area contributed by atoms with Gasteiger partial charge in [0.25, 0.3) is 0 Å². The number of benzene rings is 2. The van der Waals surface area contributed by atoms with Gasteiger partial charge in [0.05, 0.1) is 19.1 Å². The normalized spacial score (nSPS) is 15.7. The quantitative estimate of drug-likeness (QED) is 0.156. The van der Waals surface area contributed by atoms with Gasteiger partial charge in [-0.25, -0.2) is 14.2 Å². The molecule has 0 radical (unpaired) electrons. The lowest BCUT2D eigenvalue weighted by atomic mass is 9.85. The van der Waals surface area contributed by atoms with Crippen LogP contribution in [0.5, 0.6) is 5.75 Å². The van der Waals surface area contributed by atoms with Crippen LogP contribution in [-0.4, -0.2) is 70.6 Å². The number of anilines is 2. The predicted octanol–water partition coefficient (Wildman–Crippen LogP) is 7.10. The molecular weight excluding hydrogens is 637 g/mol. The lowest BCUT2D eigenvalue weighted by molar-refractivity contribution is -0.138. The number of halogens is 1. The monoisotopic (exact) mass is 687 g/mol. The summed E-state index contributed by atoms with van der Waals surface area (Å²) in [5.74, 6) is -0.799. The number of carbonyl (C=O) groups is 3. The van der Waals surface area contributed by atoms with E-state index in [-0.39, 0.29) is 42.0 Å². The van der Waals surface area contributed by atoms with Crippen LogP contribution in [0.1, 0.15) is 81.8 Å². The van der Waals surface area contributed by atoms with Crippen LogP contribution in [0, 0.1) is 17.2 Å². The van der Waals surface area contributed by atoms with E-state index in [9.17, 15) is 19.5 Å². The van der Waals surface area contributed by atoms with E-state index < -0.39 is 17.8 Å². The van der Waals surface area contributed by atoms with Gasteiger partial charge in [-0.15, -0.1) is 0 Å². The molecule has 1 unspecified atom stereocenters. The van der Waals surface area contributed by atoms with Crippen molar-refractivity contribution in [2.45, 2.75) is 78.7 Å². The Hall–Kier alpha value is -4.67. The maximum Gasteiger partial charge on any atom is 0.320 e. The molecule has 3 N–H and O–H groups in total. The summed E-state index contributed by atoms with van der Waals surface area (Å²) in [5, 5.41) is 16.0. The van der Waals surface area contributed by atoms with Crippen LogP contribution < -0.4 is 15.4 Å². The van der Waals surface area contributed by atoms with Crippen molar-refractivity contribution in [3.63, 3.8) is 0 Å². The summed E-state index contributed by atoms with van der Waals surface area (Å²) < 4.78 is 21.0. The molecule has 11 heteroatoms. The number of aromatic nitrogens is 1. The van der Waals surface area contributed by atoms with Gasteiger partial charge in [-0.05, 0) is 84.5 Å². The fourth-order valence-corrected chi connectivity index (χ4v) is 6.78. The number of rotatable bonds is 15. The Morgan fingerprint density at radius 1 is 1.08 bits per heavy atom. The molecule has 268 valence electrons. The van der Waals surface area contributed by atoms with E-state index in [1.165, 1.54) is 22.6 Å². The molecule has 2 aliphatic heterocycles. The molecule has 5 rings (SSSR count). The minimum atomic E-state index is -1.07. The van der Waals surface area contributed by atoms with Gasteiger partial charge in [-0.1, -0.05) is 52.0 Å². The van der Waals surface area contributed by atoms with Crippen LogP contribution in [0.25, 0.3) is 0 Å². The first-order chi connectivity index (χ1) is 23.9.